The number of likely N-dealkylation sites (N-methyl/N-ethyl adjacent to an activating group) is 1. The van der Waals surface area contributed by atoms with E-state index in [0.29, 0.717) is 0 Å². The lowest BCUT2D eigenvalue weighted by atomic mass is 10.2. The van der Waals surface area contributed by atoms with Crippen LogP contribution in [-0.4, -0.2) is 30.6 Å². The highest BCUT2D eigenvalue weighted by atomic mass is 35.5. The molecule has 84 valence electrons. The molecule has 15 heavy (non-hydrogen) atoms. The van der Waals surface area contributed by atoms with Crippen LogP contribution in [0.15, 0.2) is 24.3 Å². The minimum absolute atomic E-state index is 0.164. The molecule has 2 nitrogen and oxygen atoms in total. The summed E-state index contributed by atoms with van der Waals surface area (Å²) in [6.07, 6.45) is 0. The summed E-state index contributed by atoms with van der Waals surface area (Å²) in [6.45, 7) is 0.173. The third-order valence-electron chi connectivity index (χ3n) is 2.16. The molecular weight excluding hydrogens is 230 g/mol. The molecule has 0 radical (unpaired) electrons. The van der Waals surface area contributed by atoms with Gasteiger partial charge in [0.05, 0.1) is 6.61 Å². The van der Waals surface area contributed by atoms with Crippen LogP contribution in [-0.2, 0) is 5.75 Å². The van der Waals surface area contributed by atoms with Gasteiger partial charge in [0.2, 0.25) is 0 Å². The normalized spacial score (nSPS) is 12.7. The van der Waals surface area contributed by atoms with Crippen LogP contribution >= 0.6 is 23.4 Å². The van der Waals surface area contributed by atoms with Crippen molar-refractivity contribution in [2.75, 3.05) is 19.4 Å². The van der Waals surface area contributed by atoms with E-state index >= 15 is 0 Å². The molecule has 0 saturated heterocycles. The fraction of sp³-hybridized carbons (Fsp3) is 0.455. The maximum atomic E-state index is 8.98. The predicted octanol–water partition coefficient (Wildman–Crippen LogP) is 2.15. The van der Waals surface area contributed by atoms with E-state index in [2.05, 4.69) is 5.32 Å². The highest BCUT2D eigenvalue weighted by Gasteiger charge is 2.05. The molecule has 0 aliphatic carbocycles. The van der Waals surface area contributed by atoms with Crippen molar-refractivity contribution in [3.63, 3.8) is 0 Å². The molecule has 0 saturated carbocycles. The molecule has 1 rings (SSSR count). The van der Waals surface area contributed by atoms with Crippen molar-refractivity contribution in [3.05, 3.63) is 34.9 Å². The van der Waals surface area contributed by atoms with E-state index in [0.717, 1.165) is 22.1 Å². The Morgan fingerprint density at radius 1 is 1.47 bits per heavy atom. The molecule has 0 fully saturated rings. The van der Waals surface area contributed by atoms with Crippen molar-refractivity contribution in [1.29, 1.82) is 0 Å². The van der Waals surface area contributed by atoms with Gasteiger partial charge in [0.15, 0.2) is 0 Å². The second-order valence-corrected chi connectivity index (χ2v) is 4.71. The Morgan fingerprint density at radius 2 is 2.20 bits per heavy atom. The van der Waals surface area contributed by atoms with Crippen LogP contribution in [0.3, 0.4) is 0 Å². The van der Waals surface area contributed by atoms with Gasteiger partial charge in [-0.2, -0.15) is 11.8 Å². The highest BCUT2D eigenvalue weighted by Crippen LogP contribution is 2.20. The Balaban J connectivity index is 2.34. The fourth-order valence-electron chi connectivity index (χ4n) is 1.15. The van der Waals surface area contributed by atoms with Crippen molar-refractivity contribution in [2.24, 2.45) is 0 Å². The van der Waals surface area contributed by atoms with Crippen molar-refractivity contribution < 1.29 is 5.11 Å². The number of hydrogen-bond acceptors (Lipinski definition) is 3. The largest absolute Gasteiger partial charge is 0.395 e. The number of hydrogen-bond donors (Lipinski definition) is 2. The lowest BCUT2D eigenvalue weighted by Gasteiger charge is -2.12. The summed E-state index contributed by atoms with van der Waals surface area (Å²) < 4.78 is 0. The van der Waals surface area contributed by atoms with Gasteiger partial charge in [-0.05, 0) is 18.7 Å². The molecule has 1 unspecified atom stereocenters. The Morgan fingerprint density at radius 3 is 2.80 bits per heavy atom. The molecular formula is C11H16ClNOS. The number of aliphatic hydroxyl groups is 1. The maximum absolute atomic E-state index is 8.98. The van der Waals surface area contributed by atoms with Gasteiger partial charge in [-0.1, -0.05) is 29.8 Å². The summed E-state index contributed by atoms with van der Waals surface area (Å²) in [5, 5.41) is 12.8. The molecule has 0 amide bonds. The summed E-state index contributed by atoms with van der Waals surface area (Å²) >= 11 is 7.80. The number of thioether (sulfide) groups is 1. The SMILES string of the molecule is CNC(CO)CSCc1ccccc1Cl. The van der Waals surface area contributed by atoms with Gasteiger partial charge in [0.25, 0.3) is 0 Å². The minimum atomic E-state index is 0.164. The van der Waals surface area contributed by atoms with E-state index in [1.54, 1.807) is 11.8 Å². The maximum Gasteiger partial charge on any atom is 0.0592 e. The third-order valence-corrected chi connectivity index (χ3v) is 3.69. The summed E-state index contributed by atoms with van der Waals surface area (Å²) in [6, 6.07) is 8.02. The van der Waals surface area contributed by atoms with Crippen LogP contribution in [0.5, 0.6) is 0 Å². The van der Waals surface area contributed by atoms with Gasteiger partial charge in [0.1, 0.15) is 0 Å². The number of nitrogens with one attached hydrogen (secondary N) is 1. The first-order chi connectivity index (χ1) is 7.27. The van der Waals surface area contributed by atoms with Crippen molar-refractivity contribution >= 4 is 23.4 Å². The predicted molar refractivity (Wildman–Crippen MR) is 67.5 cm³/mol. The average Bonchev–Trinajstić information content (AvgIpc) is 2.27. The number of benzene rings is 1. The first kappa shape index (κ1) is 12.8. The topological polar surface area (TPSA) is 32.3 Å². The average molecular weight is 246 g/mol. The highest BCUT2D eigenvalue weighted by molar-refractivity contribution is 7.98. The first-order valence-electron chi connectivity index (χ1n) is 4.87. The van der Waals surface area contributed by atoms with Crippen LogP contribution in [0.25, 0.3) is 0 Å². The quantitative estimate of drug-likeness (QED) is 0.806. The molecule has 0 heterocycles. The lowest BCUT2D eigenvalue weighted by molar-refractivity contribution is 0.260. The lowest BCUT2D eigenvalue weighted by Crippen LogP contribution is -2.31. The van der Waals surface area contributed by atoms with E-state index in [9.17, 15) is 0 Å². The van der Waals surface area contributed by atoms with Gasteiger partial charge >= 0.3 is 0 Å². The van der Waals surface area contributed by atoms with Crippen LogP contribution in [0.2, 0.25) is 5.02 Å². The Kier molecular flexibility index (Phi) is 6.10. The van der Waals surface area contributed by atoms with Crippen molar-refractivity contribution in [2.45, 2.75) is 11.8 Å². The summed E-state index contributed by atoms with van der Waals surface area (Å²) in [7, 11) is 1.86. The molecule has 4 heteroatoms. The summed E-state index contributed by atoms with van der Waals surface area (Å²) in [4.78, 5) is 0. The third kappa shape index (κ3) is 4.43. The molecule has 1 atom stereocenters. The molecule has 2 N–H and O–H groups in total. The van der Waals surface area contributed by atoms with Gasteiger partial charge in [0, 0.05) is 22.6 Å². The van der Waals surface area contributed by atoms with Gasteiger partial charge in [-0.15, -0.1) is 0 Å². The second kappa shape index (κ2) is 7.12. The first-order valence-corrected chi connectivity index (χ1v) is 6.40. The van der Waals surface area contributed by atoms with E-state index in [1.807, 2.05) is 31.3 Å². The van der Waals surface area contributed by atoms with E-state index in [-0.39, 0.29) is 12.6 Å². The molecule has 0 aliphatic heterocycles. The van der Waals surface area contributed by atoms with Gasteiger partial charge < -0.3 is 10.4 Å². The zero-order valence-corrected chi connectivity index (χ0v) is 10.3. The van der Waals surface area contributed by atoms with Crippen LogP contribution in [0, 0.1) is 0 Å². The molecule has 0 bridgehead atoms. The van der Waals surface area contributed by atoms with Crippen LogP contribution < -0.4 is 5.32 Å². The number of halogens is 1. The Hall–Kier alpha value is -0.220. The molecule has 0 aromatic heterocycles. The Labute approximate surface area is 100 Å². The number of rotatable bonds is 6. The van der Waals surface area contributed by atoms with Crippen molar-refractivity contribution in [3.8, 4) is 0 Å². The zero-order valence-electron chi connectivity index (χ0n) is 8.74. The van der Waals surface area contributed by atoms with E-state index in [1.165, 1.54) is 0 Å². The minimum Gasteiger partial charge on any atom is -0.395 e. The number of aliphatic hydroxyl groups excluding tert-OH is 1. The second-order valence-electron chi connectivity index (χ2n) is 3.27. The summed E-state index contributed by atoms with van der Waals surface area (Å²) in [5.74, 6) is 1.77. The molecule has 0 spiro atoms. The smallest absolute Gasteiger partial charge is 0.0592 e. The van der Waals surface area contributed by atoms with Crippen LogP contribution in [0.1, 0.15) is 5.56 Å². The standard InChI is InChI=1S/C11H16ClNOS/c1-13-10(6-14)8-15-7-9-4-2-3-5-11(9)12/h2-5,10,13-14H,6-8H2,1H3. The van der Waals surface area contributed by atoms with Crippen LogP contribution in [0.4, 0.5) is 0 Å². The van der Waals surface area contributed by atoms with Gasteiger partial charge in [-0.25, -0.2) is 0 Å². The molecule has 0 aliphatic rings. The van der Waals surface area contributed by atoms with Crippen molar-refractivity contribution in [1.82, 2.24) is 5.32 Å². The zero-order chi connectivity index (χ0) is 11.1. The fourth-order valence-corrected chi connectivity index (χ4v) is 2.58. The molecule has 1 aromatic carbocycles. The monoisotopic (exact) mass is 245 g/mol. The summed E-state index contributed by atoms with van der Waals surface area (Å²) in [5.41, 5.74) is 1.15. The van der Waals surface area contributed by atoms with Gasteiger partial charge in [-0.3, -0.25) is 0 Å². The van der Waals surface area contributed by atoms with E-state index in [4.69, 9.17) is 16.7 Å². The van der Waals surface area contributed by atoms with E-state index < -0.39 is 0 Å². The Bertz CT molecular complexity index is 292. The molecule has 1 aromatic rings.